The van der Waals surface area contributed by atoms with Gasteiger partial charge in [0.05, 0.1) is 10.9 Å². The highest BCUT2D eigenvalue weighted by atomic mass is 35.5. The first-order valence-electron chi connectivity index (χ1n) is 6.43. The summed E-state index contributed by atoms with van der Waals surface area (Å²) in [7, 11) is 1.85. The van der Waals surface area contributed by atoms with Crippen molar-refractivity contribution in [2.45, 2.75) is 13.5 Å². The highest BCUT2D eigenvalue weighted by Crippen LogP contribution is 2.22. The number of aryl methyl sites for hydroxylation is 1. The average Bonchev–Trinajstić information content (AvgIpc) is 2.79. The maximum atomic E-state index is 13.4. The number of rotatable bonds is 5. The van der Waals surface area contributed by atoms with E-state index in [0.717, 1.165) is 9.21 Å². The summed E-state index contributed by atoms with van der Waals surface area (Å²) in [4.78, 5) is 14.9. The van der Waals surface area contributed by atoms with Gasteiger partial charge in [-0.15, -0.1) is 11.3 Å². The Bertz CT molecular complexity index is 644. The first-order valence-corrected chi connectivity index (χ1v) is 7.62. The number of hydrogen-bond donors (Lipinski definition) is 1. The topological polar surface area (TPSA) is 32.3 Å². The van der Waals surface area contributed by atoms with E-state index in [1.54, 1.807) is 19.1 Å². The fraction of sp³-hybridized carbons (Fsp3) is 0.267. The van der Waals surface area contributed by atoms with E-state index >= 15 is 0 Å². The fourth-order valence-corrected chi connectivity index (χ4v) is 3.04. The van der Waals surface area contributed by atoms with Gasteiger partial charge in [0.15, 0.2) is 0 Å². The number of carbonyl (C=O) groups excluding carboxylic acids is 1. The number of benzene rings is 1. The molecule has 2 rings (SSSR count). The van der Waals surface area contributed by atoms with Gasteiger partial charge in [-0.05, 0) is 43.8 Å². The molecule has 0 saturated carbocycles. The van der Waals surface area contributed by atoms with Crippen LogP contribution in [0.15, 0.2) is 30.3 Å². The molecule has 0 fully saturated rings. The highest BCUT2D eigenvalue weighted by Gasteiger charge is 2.09. The monoisotopic (exact) mass is 326 g/mol. The van der Waals surface area contributed by atoms with E-state index in [1.807, 2.05) is 24.1 Å². The minimum atomic E-state index is -0.325. The van der Waals surface area contributed by atoms with Crippen molar-refractivity contribution in [3.8, 4) is 0 Å². The first-order chi connectivity index (χ1) is 9.94. The second kappa shape index (κ2) is 7.02. The van der Waals surface area contributed by atoms with Gasteiger partial charge in [-0.2, -0.15) is 0 Å². The molecule has 1 aromatic heterocycles. The Labute approximate surface area is 132 Å². The maximum Gasteiger partial charge on any atom is 0.238 e. The zero-order valence-corrected chi connectivity index (χ0v) is 13.4. The molecule has 1 amide bonds. The number of nitrogens with zero attached hydrogens (tertiary/aromatic N) is 1. The Morgan fingerprint density at radius 3 is 2.76 bits per heavy atom. The Morgan fingerprint density at radius 1 is 1.38 bits per heavy atom. The van der Waals surface area contributed by atoms with Gasteiger partial charge in [0.1, 0.15) is 5.82 Å². The zero-order valence-electron chi connectivity index (χ0n) is 11.8. The molecule has 1 aromatic carbocycles. The number of anilines is 1. The van der Waals surface area contributed by atoms with Crippen LogP contribution in [-0.4, -0.2) is 24.4 Å². The van der Waals surface area contributed by atoms with Crippen LogP contribution in [0.2, 0.25) is 4.34 Å². The molecule has 0 radical (unpaired) electrons. The van der Waals surface area contributed by atoms with Crippen molar-refractivity contribution in [2.24, 2.45) is 0 Å². The summed E-state index contributed by atoms with van der Waals surface area (Å²) < 4.78 is 14.1. The molecule has 2 aromatic rings. The van der Waals surface area contributed by atoms with Crippen molar-refractivity contribution < 1.29 is 9.18 Å². The molecular formula is C15H16ClFN2OS. The normalized spacial score (nSPS) is 10.9. The second-order valence-corrected chi connectivity index (χ2v) is 6.69. The lowest BCUT2D eigenvalue weighted by Crippen LogP contribution is -2.29. The minimum Gasteiger partial charge on any atom is -0.325 e. The maximum absolute atomic E-state index is 13.4. The third kappa shape index (κ3) is 4.81. The molecular weight excluding hydrogens is 311 g/mol. The van der Waals surface area contributed by atoms with Crippen LogP contribution in [0, 0.1) is 12.7 Å². The van der Waals surface area contributed by atoms with Crippen molar-refractivity contribution in [3.05, 3.63) is 50.9 Å². The number of likely N-dealkylation sites (N-methyl/N-ethyl adjacent to an activating group) is 1. The quantitative estimate of drug-likeness (QED) is 0.903. The van der Waals surface area contributed by atoms with E-state index in [0.29, 0.717) is 17.8 Å². The van der Waals surface area contributed by atoms with E-state index in [1.165, 1.54) is 17.4 Å². The number of carbonyl (C=O) groups is 1. The summed E-state index contributed by atoms with van der Waals surface area (Å²) in [5.74, 6) is -0.502. The van der Waals surface area contributed by atoms with Gasteiger partial charge in [-0.1, -0.05) is 17.7 Å². The molecule has 0 bridgehead atoms. The van der Waals surface area contributed by atoms with Gasteiger partial charge in [-0.3, -0.25) is 9.69 Å². The van der Waals surface area contributed by atoms with E-state index in [-0.39, 0.29) is 18.3 Å². The Balaban J connectivity index is 1.87. The zero-order chi connectivity index (χ0) is 15.4. The van der Waals surface area contributed by atoms with Crippen LogP contribution in [0.25, 0.3) is 0 Å². The van der Waals surface area contributed by atoms with Gasteiger partial charge in [0, 0.05) is 17.1 Å². The number of halogens is 2. The highest BCUT2D eigenvalue weighted by molar-refractivity contribution is 7.16. The van der Waals surface area contributed by atoms with E-state index in [4.69, 9.17) is 11.6 Å². The Hall–Kier alpha value is -1.43. The predicted octanol–water partition coefficient (Wildman–Crippen LogP) is 3.92. The van der Waals surface area contributed by atoms with Crippen LogP contribution in [0.4, 0.5) is 10.1 Å². The van der Waals surface area contributed by atoms with Gasteiger partial charge < -0.3 is 5.32 Å². The molecule has 1 heterocycles. The number of hydrogen-bond acceptors (Lipinski definition) is 3. The van der Waals surface area contributed by atoms with Gasteiger partial charge in [-0.25, -0.2) is 4.39 Å². The van der Waals surface area contributed by atoms with E-state index in [2.05, 4.69) is 5.32 Å². The van der Waals surface area contributed by atoms with Crippen molar-refractivity contribution in [1.29, 1.82) is 0 Å². The summed E-state index contributed by atoms with van der Waals surface area (Å²) >= 11 is 7.36. The third-order valence-corrected chi connectivity index (χ3v) is 4.14. The minimum absolute atomic E-state index is 0.177. The smallest absolute Gasteiger partial charge is 0.238 e. The molecule has 3 nitrogen and oxygen atoms in total. The lowest BCUT2D eigenvalue weighted by molar-refractivity contribution is -0.117. The molecule has 0 aliphatic carbocycles. The Morgan fingerprint density at radius 2 is 2.14 bits per heavy atom. The Kier molecular flexibility index (Phi) is 5.33. The number of thiophene rings is 1. The fourth-order valence-electron chi connectivity index (χ4n) is 1.87. The molecule has 0 saturated heterocycles. The molecule has 0 unspecified atom stereocenters. The van der Waals surface area contributed by atoms with Crippen LogP contribution >= 0.6 is 22.9 Å². The third-order valence-electron chi connectivity index (χ3n) is 2.92. The molecule has 0 spiro atoms. The van der Waals surface area contributed by atoms with Crippen molar-refractivity contribution in [2.75, 3.05) is 18.9 Å². The largest absolute Gasteiger partial charge is 0.325 e. The van der Waals surface area contributed by atoms with Crippen LogP contribution in [-0.2, 0) is 11.3 Å². The molecule has 6 heteroatoms. The second-order valence-electron chi connectivity index (χ2n) is 4.89. The number of nitrogens with one attached hydrogen (secondary N) is 1. The van der Waals surface area contributed by atoms with Crippen LogP contribution in [0.1, 0.15) is 10.4 Å². The summed E-state index contributed by atoms with van der Waals surface area (Å²) in [6.07, 6.45) is 0. The first kappa shape index (κ1) is 15.9. The number of amides is 1. The summed E-state index contributed by atoms with van der Waals surface area (Å²) in [6.45, 7) is 2.55. The SMILES string of the molecule is Cc1ccc(NC(=O)CN(C)Cc2ccc(Cl)s2)cc1F. The van der Waals surface area contributed by atoms with Gasteiger partial charge in [0.2, 0.25) is 5.91 Å². The molecule has 0 aliphatic rings. The van der Waals surface area contributed by atoms with Crippen LogP contribution < -0.4 is 5.32 Å². The molecule has 112 valence electrons. The molecule has 0 atom stereocenters. The van der Waals surface area contributed by atoms with Crippen LogP contribution in [0.5, 0.6) is 0 Å². The summed E-state index contributed by atoms with van der Waals surface area (Å²) in [5, 5.41) is 2.69. The van der Waals surface area contributed by atoms with Gasteiger partial charge >= 0.3 is 0 Å². The average molecular weight is 327 g/mol. The summed E-state index contributed by atoms with van der Waals surface area (Å²) in [6, 6.07) is 8.44. The van der Waals surface area contributed by atoms with Gasteiger partial charge in [0.25, 0.3) is 0 Å². The van der Waals surface area contributed by atoms with Crippen molar-refractivity contribution in [1.82, 2.24) is 4.90 Å². The standard InChI is InChI=1S/C15H16ClFN2OS/c1-10-3-4-11(7-13(10)17)18-15(20)9-19(2)8-12-5-6-14(16)21-12/h3-7H,8-9H2,1-2H3,(H,18,20). The lowest BCUT2D eigenvalue weighted by Gasteiger charge is -2.15. The van der Waals surface area contributed by atoms with Crippen LogP contribution in [0.3, 0.4) is 0 Å². The van der Waals surface area contributed by atoms with E-state index in [9.17, 15) is 9.18 Å². The van der Waals surface area contributed by atoms with Crippen molar-refractivity contribution >= 4 is 34.5 Å². The van der Waals surface area contributed by atoms with E-state index < -0.39 is 0 Å². The summed E-state index contributed by atoms with van der Waals surface area (Å²) in [5.41, 5.74) is 1.02. The molecule has 21 heavy (non-hydrogen) atoms. The molecule has 0 aliphatic heterocycles. The van der Waals surface area contributed by atoms with Crippen molar-refractivity contribution in [3.63, 3.8) is 0 Å². The predicted molar refractivity (Wildman–Crippen MR) is 85.4 cm³/mol. The molecule has 1 N–H and O–H groups in total. The lowest BCUT2D eigenvalue weighted by atomic mass is 10.2.